The first-order chi connectivity index (χ1) is 11.2. The van der Waals surface area contributed by atoms with Crippen LogP contribution in [0.2, 0.25) is 0 Å². The number of terminal acetylenes is 1. The maximum atomic E-state index is 5.38. The summed E-state index contributed by atoms with van der Waals surface area (Å²) in [5, 5.41) is 3.16. The molecule has 24 heavy (non-hydrogen) atoms. The summed E-state index contributed by atoms with van der Waals surface area (Å²) in [4.78, 5) is 0. The van der Waals surface area contributed by atoms with Crippen LogP contribution in [0.15, 0.2) is 73.5 Å². The van der Waals surface area contributed by atoms with E-state index in [0.29, 0.717) is 11.3 Å². The monoisotopic (exact) mass is 317 g/mol. The van der Waals surface area contributed by atoms with Gasteiger partial charge in [0.2, 0.25) is 0 Å². The van der Waals surface area contributed by atoms with E-state index in [1.165, 1.54) is 11.1 Å². The van der Waals surface area contributed by atoms with Crippen molar-refractivity contribution in [1.82, 2.24) is 5.32 Å². The lowest BCUT2D eigenvalue weighted by molar-refractivity contribution is 0.545. The van der Waals surface area contributed by atoms with Crippen molar-refractivity contribution >= 4 is 11.3 Å². The summed E-state index contributed by atoms with van der Waals surface area (Å²) in [6.07, 6.45) is 11.0. The maximum Gasteiger partial charge on any atom is 0.0384 e. The third-order valence-electron chi connectivity index (χ3n) is 3.37. The molecule has 0 bridgehead atoms. The fraction of sp³-hybridized carbons (Fsp3) is 0.217. The van der Waals surface area contributed by atoms with Gasteiger partial charge in [0.25, 0.3) is 0 Å². The summed E-state index contributed by atoms with van der Waals surface area (Å²) in [6, 6.07) is 8.32. The Kier molecular flexibility index (Phi) is 6.62. The minimum atomic E-state index is 0.165. The van der Waals surface area contributed by atoms with Crippen molar-refractivity contribution in [1.29, 1.82) is 0 Å². The fourth-order valence-electron chi connectivity index (χ4n) is 2.32. The molecule has 0 aromatic heterocycles. The SMILES string of the molecule is C#C/C(C=C)=C/C(=C)NC(=C)c1ccc(/C(C)=C/C(C)(C)C)cc1. The second-order valence-corrected chi connectivity index (χ2v) is 6.85. The predicted molar refractivity (Wildman–Crippen MR) is 108 cm³/mol. The summed E-state index contributed by atoms with van der Waals surface area (Å²) >= 11 is 0. The van der Waals surface area contributed by atoms with Gasteiger partial charge in [0.05, 0.1) is 0 Å². The molecule has 0 saturated carbocycles. The van der Waals surface area contributed by atoms with Crippen LogP contribution in [0.25, 0.3) is 11.3 Å². The Morgan fingerprint density at radius 3 is 2.12 bits per heavy atom. The molecular formula is C23H27N. The van der Waals surface area contributed by atoms with Crippen LogP contribution in [0, 0.1) is 17.8 Å². The van der Waals surface area contributed by atoms with Crippen LogP contribution in [0.5, 0.6) is 0 Å². The maximum absolute atomic E-state index is 5.38. The molecule has 1 rings (SSSR count). The Labute approximate surface area is 147 Å². The van der Waals surface area contributed by atoms with Gasteiger partial charge in [-0.1, -0.05) is 82.8 Å². The van der Waals surface area contributed by atoms with Gasteiger partial charge in [-0.05, 0) is 35.1 Å². The van der Waals surface area contributed by atoms with Crippen molar-refractivity contribution in [2.45, 2.75) is 27.7 Å². The molecule has 0 heterocycles. The first-order valence-corrected chi connectivity index (χ1v) is 7.92. The fourth-order valence-corrected chi connectivity index (χ4v) is 2.32. The van der Waals surface area contributed by atoms with Crippen LogP contribution in [0.1, 0.15) is 38.8 Å². The Bertz CT molecular complexity index is 726. The molecule has 0 saturated heterocycles. The van der Waals surface area contributed by atoms with E-state index in [1.54, 1.807) is 12.2 Å². The Morgan fingerprint density at radius 1 is 1.12 bits per heavy atom. The van der Waals surface area contributed by atoms with Crippen molar-refractivity contribution in [3.8, 4) is 12.3 Å². The van der Waals surface area contributed by atoms with Crippen LogP contribution in [-0.4, -0.2) is 0 Å². The summed E-state index contributed by atoms with van der Waals surface area (Å²) in [5.74, 6) is 2.54. The van der Waals surface area contributed by atoms with Gasteiger partial charge in [-0.15, -0.1) is 6.42 Å². The minimum absolute atomic E-state index is 0.165. The van der Waals surface area contributed by atoms with Crippen molar-refractivity contribution in [3.05, 3.63) is 84.6 Å². The molecule has 1 nitrogen and oxygen atoms in total. The van der Waals surface area contributed by atoms with Gasteiger partial charge in [-0.2, -0.15) is 0 Å². The van der Waals surface area contributed by atoms with Crippen molar-refractivity contribution in [2.24, 2.45) is 5.41 Å². The highest BCUT2D eigenvalue weighted by Gasteiger charge is 2.07. The molecule has 0 spiro atoms. The van der Waals surface area contributed by atoms with E-state index in [2.05, 4.69) is 89.0 Å². The quantitative estimate of drug-likeness (QED) is 0.504. The molecule has 1 N–H and O–H groups in total. The van der Waals surface area contributed by atoms with Gasteiger partial charge in [0.15, 0.2) is 0 Å². The van der Waals surface area contributed by atoms with Crippen LogP contribution in [0.3, 0.4) is 0 Å². The third-order valence-corrected chi connectivity index (χ3v) is 3.37. The Morgan fingerprint density at radius 2 is 1.67 bits per heavy atom. The van der Waals surface area contributed by atoms with E-state index < -0.39 is 0 Å². The summed E-state index contributed by atoms with van der Waals surface area (Å²) < 4.78 is 0. The minimum Gasteiger partial charge on any atom is -0.356 e. The molecule has 0 radical (unpaired) electrons. The summed E-state index contributed by atoms with van der Waals surface area (Å²) in [6.45, 7) is 20.4. The number of nitrogens with one attached hydrogen (secondary N) is 1. The standard InChI is InChI=1S/C23H27N/c1-9-20(10-2)15-18(4)24-19(5)22-13-11-21(12-14-22)17(3)16-23(6,7)8/h1,10-16,24H,2,4-5H2,3,6-8H3/b17-16+,20-15-. The average molecular weight is 317 g/mol. The van der Waals surface area contributed by atoms with Gasteiger partial charge >= 0.3 is 0 Å². The molecule has 0 unspecified atom stereocenters. The number of allylic oxidation sites excluding steroid dienone is 5. The first kappa shape index (κ1) is 19.3. The predicted octanol–water partition coefficient (Wildman–Crippen LogP) is 5.96. The molecule has 1 aromatic carbocycles. The molecule has 124 valence electrons. The molecule has 0 aliphatic carbocycles. The number of rotatable bonds is 6. The van der Waals surface area contributed by atoms with Gasteiger partial charge in [0.1, 0.15) is 0 Å². The van der Waals surface area contributed by atoms with E-state index in [4.69, 9.17) is 6.42 Å². The zero-order valence-corrected chi connectivity index (χ0v) is 15.2. The lowest BCUT2D eigenvalue weighted by Gasteiger charge is -2.15. The second kappa shape index (κ2) is 8.22. The molecule has 0 amide bonds. The summed E-state index contributed by atoms with van der Waals surface area (Å²) in [5.41, 5.74) is 5.79. The van der Waals surface area contributed by atoms with Crippen LogP contribution in [0.4, 0.5) is 0 Å². The number of benzene rings is 1. The lowest BCUT2D eigenvalue weighted by Crippen LogP contribution is -2.08. The topological polar surface area (TPSA) is 12.0 Å². The zero-order valence-electron chi connectivity index (χ0n) is 15.2. The van der Waals surface area contributed by atoms with Gasteiger partial charge in [-0.25, -0.2) is 0 Å². The highest BCUT2D eigenvalue weighted by Crippen LogP contribution is 2.24. The highest BCUT2D eigenvalue weighted by atomic mass is 14.9. The largest absolute Gasteiger partial charge is 0.356 e. The molecule has 0 aliphatic heterocycles. The summed E-state index contributed by atoms with van der Waals surface area (Å²) in [7, 11) is 0. The molecular weight excluding hydrogens is 290 g/mol. The molecule has 1 heteroatoms. The van der Waals surface area contributed by atoms with Gasteiger partial charge in [-0.3, -0.25) is 0 Å². The van der Waals surface area contributed by atoms with E-state index in [1.807, 2.05) is 0 Å². The van der Waals surface area contributed by atoms with E-state index >= 15 is 0 Å². The normalized spacial score (nSPS) is 12.3. The van der Waals surface area contributed by atoms with Crippen LogP contribution < -0.4 is 5.32 Å². The third kappa shape index (κ3) is 6.18. The first-order valence-electron chi connectivity index (χ1n) is 7.92. The average Bonchev–Trinajstić information content (AvgIpc) is 2.51. The van der Waals surface area contributed by atoms with E-state index in [9.17, 15) is 0 Å². The molecule has 0 aliphatic rings. The smallest absolute Gasteiger partial charge is 0.0384 e. The zero-order chi connectivity index (χ0) is 18.3. The van der Waals surface area contributed by atoms with Crippen molar-refractivity contribution in [3.63, 3.8) is 0 Å². The number of hydrogen-bond donors (Lipinski definition) is 1. The van der Waals surface area contributed by atoms with E-state index in [-0.39, 0.29) is 5.41 Å². The second-order valence-electron chi connectivity index (χ2n) is 6.85. The van der Waals surface area contributed by atoms with Crippen molar-refractivity contribution < 1.29 is 0 Å². The van der Waals surface area contributed by atoms with E-state index in [0.717, 1.165) is 11.3 Å². The molecule has 0 fully saturated rings. The molecule has 1 aromatic rings. The number of hydrogen-bond acceptors (Lipinski definition) is 1. The molecule has 0 atom stereocenters. The van der Waals surface area contributed by atoms with Gasteiger partial charge < -0.3 is 5.32 Å². The van der Waals surface area contributed by atoms with Gasteiger partial charge in [0, 0.05) is 17.0 Å². The van der Waals surface area contributed by atoms with Crippen LogP contribution in [-0.2, 0) is 0 Å². The Hall–Kier alpha value is -2.72. The van der Waals surface area contributed by atoms with Crippen LogP contribution >= 0.6 is 0 Å². The van der Waals surface area contributed by atoms with Crippen molar-refractivity contribution in [2.75, 3.05) is 0 Å². The highest BCUT2D eigenvalue weighted by molar-refractivity contribution is 5.69. The lowest BCUT2D eigenvalue weighted by atomic mass is 9.91. The Balaban J connectivity index is 2.87.